The molecule has 1 aliphatic rings. The molecule has 0 aromatic heterocycles. The maximum absolute atomic E-state index is 13.5. The number of nitrogens with one attached hydrogen (secondary N) is 2. The highest BCUT2D eigenvalue weighted by molar-refractivity contribution is 5.92. The third kappa shape index (κ3) is 4.16. The number of amides is 3. The Morgan fingerprint density at radius 2 is 2.00 bits per heavy atom. The van der Waals surface area contributed by atoms with Gasteiger partial charge >= 0.3 is 6.03 Å². The van der Waals surface area contributed by atoms with Crippen LogP contribution in [0.5, 0.6) is 0 Å². The molecule has 21 heavy (non-hydrogen) atoms. The third-order valence-electron chi connectivity index (χ3n) is 3.30. The van der Waals surface area contributed by atoms with Gasteiger partial charge in [0.15, 0.2) is 0 Å². The Morgan fingerprint density at radius 3 is 2.67 bits per heavy atom. The van der Waals surface area contributed by atoms with Crippen LogP contribution in [0, 0.1) is 5.82 Å². The van der Waals surface area contributed by atoms with E-state index in [4.69, 9.17) is 0 Å². The van der Waals surface area contributed by atoms with Gasteiger partial charge in [0.05, 0.1) is 5.69 Å². The smallest absolute Gasteiger partial charge is 0.322 e. The summed E-state index contributed by atoms with van der Waals surface area (Å²) in [7, 11) is 1.51. The summed E-state index contributed by atoms with van der Waals surface area (Å²) in [5, 5.41) is 5.60. The molecule has 6 nitrogen and oxygen atoms in total. The van der Waals surface area contributed by atoms with Gasteiger partial charge in [-0.15, -0.1) is 0 Å². The van der Waals surface area contributed by atoms with Crippen molar-refractivity contribution in [2.45, 2.75) is 0 Å². The highest BCUT2D eigenvalue weighted by Crippen LogP contribution is 2.12. The van der Waals surface area contributed by atoms with Crippen molar-refractivity contribution in [1.29, 1.82) is 0 Å². The van der Waals surface area contributed by atoms with Gasteiger partial charge in [-0.25, -0.2) is 9.18 Å². The molecule has 2 rings (SSSR count). The zero-order chi connectivity index (χ0) is 15.2. The van der Waals surface area contributed by atoms with Gasteiger partial charge in [-0.1, -0.05) is 12.1 Å². The number of urea groups is 1. The van der Waals surface area contributed by atoms with Crippen molar-refractivity contribution in [3.63, 3.8) is 0 Å². The molecule has 0 radical (unpaired) electrons. The molecule has 2 N–H and O–H groups in total. The van der Waals surface area contributed by atoms with Crippen LogP contribution in [0.3, 0.4) is 0 Å². The number of piperazine rings is 1. The Labute approximate surface area is 122 Å². The number of carbonyl (C=O) groups is 2. The van der Waals surface area contributed by atoms with Gasteiger partial charge in [0.2, 0.25) is 5.91 Å². The third-order valence-corrected chi connectivity index (χ3v) is 3.30. The lowest BCUT2D eigenvalue weighted by Gasteiger charge is -2.29. The number of nitrogens with zero attached hydrogens (tertiary/aromatic N) is 2. The van der Waals surface area contributed by atoms with Crippen LogP contribution in [0.2, 0.25) is 0 Å². The molecule has 114 valence electrons. The Bertz CT molecular complexity index is 517. The molecule has 0 spiro atoms. The average molecular weight is 294 g/mol. The molecule has 3 amide bonds. The van der Waals surface area contributed by atoms with E-state index in [0.717, 1.165) is 13.1 Å². The summed E-state index contributed by atoms with van der Waals surface area (Å²) in [6.07, 6.45) is 0. The van der Waals surface area contributed by atoms with Crippen molar-refractivity contribution < 1.29 is 14.0 Å². The number of benzene rings is 1. The van der Waals surface area contributed by atoms with E-state index in [1.54, 1.807) is 17.0 Å². The number of rotatable bonds is 3. The molecule has 1 saturated heterocycles. The summed E-state index contributed by atoms with van der Waals surface area (Å²) in [6, 6.07) is 5.40. The van der Waals surface area contributed by atoms with E-state index in [1.807, 2.05) is 0 Å². The predicted molar refractivity (Wildman–Crippen MR) is 77.5 cm³/mol. The molecular weight excluding hydrogens is 275 g/mol. The molecule has 1 fully saturated rings. The first-order valence-electron chi connectivity index (χ1n) is 6.83. The highest BCUT2D eigenvalue weighted by atomic mass is 19.1. The largest absolute Gasteiger partial charge is 0.339 e. The number of anilines is 1. The summed E-state index contributed by atoms with van der Waals surface area (Å²) in [6.45, 7) is 2.78. The predicted octanol–water partition coefficient (Wildman–Crippen LogP) is 0.721. The summed E-state index contributed by atoms with van der Waals surface area (Å²) >= 11 is 0. The van der Waals surface area contributed by atoms with Crippen LogP contribution in [0.1, 0.15) is 0 Å². The van der Waals surface area contributed by atoms with E-state index >= 15 is 0 Å². The van der Waals surface area contributed by atoms with Gasteiger partial charge in [-0.05, 0) is 12.1 Å². The van der Waals surface area contributed by atoms with E-state index < -0.39 is 11.8 Å². The first kappa shape index (κ1) is 15.2. The van der Waals surface area contributed by atoms with Gasteiger partial charge in [-0.2, -0.15) is 0 Å². The standard InChI is InChI=1S/C14H19FN4O2/c1-18(10-13(20)19-8-6-16-7-9-19)14(21)17-12-5-3-2-4-11(12)15/h2-5,16H,6-10H2,1H3,(H,17,21). The van der Waals surface area contributed by atoms with Crippen LogP contribution in [-0.2, 0) is 4.79 Å². The van der Waals surface area contributed by atoms with Crippen LogP contribution in [0.4, 0.5) is 14.9 Å². The van der Waals surface area contributed by atoms with Crippen LogP contribution < -0.4 is 10.6 Å². The van der Waals surface area contributed by atoms with Crippen LogP contribution in [0.15, 0.2) is 24.3 Å². The van der Waals surface area contributed by atoms with Gasteiger partial charge < -0.3 is 20.4 Å². The molecular formula is C14H19FN4O2. The van der Waals surface area contributed by atoms with Gasteiger partial charge in [0.25, 0.3) is 0 Å². The fourth-order valence-corrected chi connectivity index (χ4v) is 2.06. The number of para-hydroxylation sites is 1. The Balaban J connectivity index is 1.87. The fourth-order valence-electron chi connectivity index (χ4n) is 2.06. The molecule has 1 heterocycles. The minimum absolute atomic E-state index is 0.0275. The van der Waals surface area contributed by atoms with Crippen LogP contribution >= 0.6 is 0 Å². The van der Waals surface area contributed by atoms with E-state index in [0.29, 0.717) is 13.1 Å². The van der Waals surface area contributed by atoms with Gasteiger partial charge in [0, 0.05) is 33.2 Å². The lowest BCUT2D eigenvalue weighted by molar-refractivity contribution is -0.132. The Morgan fingerprint density at radius 1 is 1.33 bits per heavy atom. The van der Waals surface area contributed by atoms with Gasteiger partial charge in [-0.3, -0.25) is 4.79 Å². The van der Waals surface area contributed by atoms with E-state index in [-0.39, 0.29) is 18.1 Å². The van der Waals surface area contributed by atoms with Crippen molar-refractivity contribution in [2.75, 3.05) is 45.1 Å². The van der Waals surface area contributed by atoms with E-state index in [2.05, 4.69) is 10.6 Å². The number of likely N-dealkylation sites (N-methyl/N-ethyl adjacent to an activating group) is 1. The molecule has 1 aliphatic heterocycles. The lowest BCUT2D eigenvalue weighted by Crippen LogP contribution is -2.50. The normalized spacial score (nSPS) is 14.7. The number of carbonyl (C=O) groups excluding carboxylic acids is 2. The molecule has 7 heteroatoms. The SMILES string of the molecule is CN(CC(=O)N1CCNCC1)C(=O)Nc1ccccc1F. The minimum Gasteiger partial charge on any atom is -0.339 e. The zero-order valence-electron chi connectivity index (χ0n) is 11.9. The van der Waals surface area contributed by atoms with E-state index in [1.165, 1.54) is 24.1 Å². The van der Waals surface area contributed by atoms with Crippen molar-refractivity contribution in [2.24, 2.45) is 0 Å². The average Bonchev–Trinajstić information content (AvgIpc) is 2.50. The quantitative estimate of drug-likeness (QED) is 0.863. The van der Waals surface area contributed by atoms with Crippen molar-refractivity contribution in [3.05, 3.63) is 30.1 Å². The van der Waals surface area contributed by atoms with Crippen molar-refractivity contribution in [1.82, 2.24) is 15.1 Å². The summed E-state index contributed by atoms with van der Waals surface area (Å²) < 4.78 is 13.5. The fraction of sp³-hybridized carbons (Fsp3) is 0.429. The topological polar surface area (TPSA) is 64.7 Å². The lowest BCUT2D eigenvalue weighted by atomic mass is 10.3. The number of hydrogen-bond donors (Lipinski definition) is 2. The Hall–Kier alpha value is -2.15. The van der Waals surface area contributed by atoms with Crippen LogP contribution in [-0.4, -0.2) is 61.5 Å². The summed E-state index contributed by atoms with van der Waals surface area (Å²) in [4.78, 5) is 26.9. The summed E-state index contributed by atoms with van der Waals surface area (Å²) in [5.41, 5.74) is 0.101. The summed E-state index contributed by atoms with van der Waals surface area (Å²) in [5.74, 6) is -0.615. The maximum Gasteiger partial charge on any atom is 0.322 e. The molecule has 0 bridgehead atoms. The molecule has 0 aliphatic carbocycles. The number of halogens is 1. The molecule has 0 saturated carbocycles. The molecule has 1 aromatic rings. The first-order valence-corrected chi connectivity index (χ1v) is 6.83. The molecule has 0 atom stereocenters. The van der Waals surface area contributed by atoms with Crippen molar-refractivity contribution in [3.8, 4) is 0 Å². The number of hydrogen-bond acceptors (Lipinski definition) is 3. The monoisotopic (exact) mass is 294 g/mol. The second kappa shape index (κ2) is 7.03. The minimum atomic E-state index is -0.511. The maximum atomic E-state index is 13.5. The zero-order valence-corrected chi connectivity index (χ0v) is 11.9. The molecule has 1 aromatic carbocycles. The van der Waals surface area contributed by atoms with E-state index in [9.17, 15) is 14.0 Å². The second-order valence-corrected chi connectivity index (χ2v) is 4.90. The van der Waals surface area contributed by atoms with Crippen molar-refractivity contribution >= 4 is 17.6 Å². The van der Waals surface area contributed by atoms with Gasteiger partial charge in [0.1, 0.15) is 12.4 Å². The molecule has 0 unspecified atom stereocenters. The first-order chi connectivity index (χ1) is 10.1. The second-order valence-electron chi connectivity index (χ2n) is 4.90. The van der Waals surface area contributed by atoms with Crippen LogP contribution in [0.25, 0.3) is 0 Å². The highest BCUT2D eigenvalue weighted by Gasteiger charge is 2.20. The Kier molecular flexibility index (Phi) is 5.10.